The van der Waals surface area contributed by atoms with Crippen molar-refractivity contribution in [3.8, 4) is 0 Å². The molecule has 1 N–H and O–H groups in total. The molecule has 0 aliphatic carbocycles. The number of anilines is 1. The third-order valence-corrected chi connectivity index (χ3v) is 5.40. The maximum Gasteiger partial charge on any atom is 0.204 e. The molecule has 0 bridgehead atoms. The lowest BCUT2D eigenvalue weighted by Crippen LogP contribution is -2.27. The van der Waals surface area contributed by atoms with Gasteiger partial charge in [0.05, 0.1) is 23.1 Å². The molecule has 2 atom stereocenters. The van der Waals surface area contributed by atoms with Gasteiger partial charge in [0.25, 0.3) is 0 Å². The molecule has 0 saturated heterocycles. The third-order valence-electron chi connectivity index (χ3n) is 5.40. The lowest BCUT2D eigenvalue weighted by molar-refractivity contribution is 0.477. The number of para-hydroxylation sites is 2. The first kappa shape index (κ1) is 16.1. The van der Waals surface area contributed by atoms with E-state index in [0.717, 1.165) is 29.0 Å². The van der Waals surface area contributed by atoms with Crippen LogP contribution in [0, 0.1) is 12.7 Å². The van der Waals surface area contributed by atoms with Gasteiger partial charge < -0.3 is 9.88 Å². The minimum Gasteiger partial charge on any atom is -0.349 e. The Morgan fingerprint density at radius 1 is 0.926 bits per heavy atom. The molecular formula is C23H20FN3. The summed E-state index contributed by atoms with van der Waals surface area (Å²) in [6, 6.07) is 24.0. The molecule has 134 valence electrons. The number of fused-ring (bicyclic) bond motifs is 3. The van der Waals surface area contributed by atoms with Crippen molar-refractivity contribution in [2.24, 2.45) is 0 Å². The molecule has 0 spiro atoms. The number of hydrogen-bond acceptors (Lipinski definition) is 2. The highest BCUT2D eigenvalue weighted by molar-refractivity contribution is 5.79. The minimum absolute atomic E-state index is 0.0845. The van der Waals surface area contributed by atoms with E-state index in [1.807, 2.05) is 24.3 Å². The van der Waals surface area contributed by atoms with Crippen LogP contribution in [0.25, 0.3) is 11.0 Å². The van der Waals surface area contributed by atoms with Gasteiger partial charge in [-0.05, 0) is 48.7 Å². The molecule has 0 fully saturated rings. The van der Waals surface area contributed by atoms with Crippen molar-refractivity contribution in [3.05, 3.63) is 95.3 Å². The lowest BCUT2D eigenvalue weighted by atomic mass is 9.92. The first-order valence-corrected chi connectivity index (χ1v) is 9.24. The highest BCUT2D eigenvalue weighted by Crippen LogP contribution is 2.41. The van der Waals surface area contributed by atoms with Gasteiger partial charge in [-0.25, -0.2) is 9.37 Å². The molecule has 5 rings (SSSR count). The van der Waals surface area contributed by atoms with E-state index in [-0.39, 0.29) is 17.9 Å². The Labute approximate surface area is 157 Å². The Bertz CT molecular complexity index is 1100. The Balaban J connectivity index is 1.65. The van der Waals surface area contributed by atoms with E-state index in [2.05, 4.69) is 53.2 Å². The lowest BCUT2D eigenvalue weighted by Gasteiger charge is -2.33. The van der Waals surface area contributed by atoms with Crippen molar-refractivity contribution in [1.82, 2.24) is 9.55 Å². The molecular weight excluding hydrogens is 337 g/mol. The molecule has 1 aliphatic rings. The normalized spacial score (nSPS) is 18.9. The van der Waals surface area contributed by atoms with Gasteiger partial charge in [-0.1, -0.05) is 54.1 Å². The second kappa shape index (κ2) is 6.23. The summed E-state index contributed by atoms with van der Waals surface area (Å²) in [4.78, 5) is 4.82. The number of benzene rings is 3. The van der Waals surface area contributed by atoms with E-state index in [1.54, 1.807) is 0 Å². The molecule has 4 aromatic rings. The summed E-state index contributed by atoms with van der Waals surface area (Å²) in [7, 11) is 0. The van der Waals surface area contributed by atoms with E-state index >= 15 is 0 Å². The van der Waals surface area contributed by atoms with Crippen molar-refractivity contribution in [2.45, 2.75) is 25.4 Å². The summed E-state index contributed by atoms with van der Waals surface area (Å²) in [5, 5.41) is 3.56. The fourth-order valence-electron chi connectivity index (χ4n) is 3.99. The summed E-state index contributed by atoms with van der Waals surface area (Å²) in [6.45, 7) is 2.10. The van der Waals surface area contributed by atoms with Gasteiger partial charge in [0.2, 0.25) is 5.95 Å². The zero-order chi connectivity index (χ0) is 18.4. The first-order chi connectivity index (χ1) is 13.2. The monoisotopic (exact) mass is 357 g/mol. The second-order valence-corrected chi connectivity index (χ2v) is 7.20. The summed E-state index contributed by atoms with van der Waals surface area (Å²) < 4.78 is 15.7. The van der Waals surface area contributed by atoms with Gasteiger partial charge in [0, 0.05) is 0 Å². The van der Waals surface area contributed by atoms with E-state index in [4.69, 9.17) is 4.98 Å². The average Bonchev–Trinajstić information content (AvgIpc) is 3.07. The van der Waals surface area contributed by atoms with Gasteiger partial charge in [-0.15, -0.1) is 0 Å². The van der Waals surface area contributed by atoms with Crippen LogP contribution in [-0.2, 0) is 0 Å². The Hall–Kier alpha value is -3.14. The molecule has 4 heteroatoms. The van der Waals surface area contributed by atoms with Gasteiger partial charge in [-0.2, -0.15) is 0 Å². The summed E-state index contributed by atoms with van der Waals surface area (Å²) >= 11 is 0. The number of nitrogens with one attached hydrogen (secondary N) is 1. The molecule has 1 aromatic heterocycles. The van der Waals surface area contributed by atoms with Crippen LogP contribution in [0.15, 0.2) is 72.8 Å². The highest BCUT2D eigenvalue weighted by atomic mass is 19.1. The molecule has 1 aliphatic heterocycles. The first-order valence-electron chi connectivity index (χ1n) is 9.24. The number of hydrogen-bond donors (Lipinski definition) is 1. The van der Waals surface area contributed by atoms with E-state index in [1.165, 1.54) is 23.3 Å². The summed E-state index contributed by atoms with van der Waals surface area (Å²) in [5.41, 5.74) is 5.70. The maximum atomic E-state index is 13.4. The van der Waals surface area contributed by atoms with Crippen LogP contribution in [0.4, 0.5) is 10.3 Å². The van der Waals surface area contributed by atoms with Crippen LogP contribution in [-0.4, -0.2) is 9.55 Å². The highest BCUT2D eigenvalue weighted by Gasteiger charge is 2.30. The van der Waals surface area contributed by atoms with Gasteiger partial charge in [0.1, 0.15) is 5.82 Å². The fourth-order valence-corrected chi connectivity index (χ4v) is 3.99. The number of nitrogens with zero attached hydrogens (tertiary/aromatic N) is 2. The van der Waals surface area contributed by atoms with Crippen LogP contribution < -0.4 is 5.32 Å². The van der Waals surface area contributed by atoms with Crippen LogP contribution in [0.3, 0.4) is 0 Å². The molecule has 27 heavy (non-hydrogen) atoms. The van der Waals surface area contributed by atoms with Crippen molar-refractivity contribution in [2.75, 3.05) is 5.32 Å². The maximum absolute atomic E-state index is 13.4. The molecule has 0 amide bonds. The largest absolute Gasteiger partial charge is 0.349 e. The second-order valence-electron chi connectivity index (χ2n) is 7.20. The fraction of sp³-hybridized carbons (Fsp3) is 0.174. The Morgan fingerprint density at radius 2 is 1.63 bits per heavy atom. The van der Waals surface area contributed by atoms with Crippen LogP contribution in [0.1, 0.15) is 35.2 Å². The van der Waals surface area contributed by atoms with Crippen molar-refractivity contribution < 1.29 is 4.39 Å². The number of aryl methyl sites for hydroxylation is 1. The van der Waals surface area contributed by atoms with Gasteiger partial charge in [0.15, 0.2) is 0 Å². The number of imidazole rings is 1. The van der Waals surface area contributed by atoms with E-state index in [9.17, 15) is 4.39 Å². The number of halogens is 1. The van der Waals surface area contributed by atoms with E-state index < -0.39 is 0 Å². The SMILES string of the molecule is Cc1ccc(C2CC(c3ccc(F)cc3)Nc3nc4ccccc4n32)cc1. The topological polar surface area (TPSA) is 29.9 Å². The van der Waals surface area contributed by atoms with Crippen molar-refractivity contribution in [1.29, 1.82) is 0 Å². The summed E-state index contributed by atoms with van der Waals surface area (Å²) in [6.07, 6.45) is 0.877. The average molecular weight is 357 g/mol. The number of aromatic nitrogens is 2. The zero-order valence-corrected chi connectivity index (χ0v) is 15.1. The van der Waals surface area contributed by atoms with Gasteiger partial charge >= 0.3 is 0 Å². The van der Waals surface area contributed by atoms with Crippen LogP contribution in [0.2, 0.25) is 0 Å². The van der Waals surface area contributed by atoms with E-state index in [0.29, 0.717) is 0 Å². The predicted octanol–water partition coefficient (Wildman–Crippen LogP) is 5.63. The molecule has 2 unspecified atom stereocenters. The molecule has 0 radical (unpaired) electrons. The standard InChI is InChI=1S/C23H20FN3/c1-15-6-8-17(9-7-15)22-14-20(16-10-12-18(24)13-11-16)26-23-25-19-4-2-3-5-21(19)27(22)23/h2-13,20,22H,14H2,1H3,(H,25,26). The van der Waals surface area contributed by atoms with Crippen molar-refractivity contribution >= 4 is 17.0 Å². The smallest absolute Gasteiger partial charge is 0.204 e. The van der Waals surface area contributed by atoms with Crippen LogP contribution >= 0.6 is 0 Å². The van der Waals surface area contributed by atoms with Crippen LogP contribution in [0.5, 0.6) is 0 Å². The third kappa shape index (κ3) is 2.78. The Morgan fingerprint density at radius 3 is 2.41 bits per heavy atom. The molecule has 0 saturated carbocycles. The number of rotatable bonds is 2. The van der Waals surface area contributed by atoms with Crippen molar-refractivity contribution in [3.63, 3.8) is 0 Å². The Kier molecular flexibility index (Phi) is 3.71. The molecule has 3 nitrogen and oxygen atoms in total. The van der Waals surface area contributed by atoms with Gasteiger partial charge in [-0.3, -0.25) is 0 Å². The quantitative estimate of drug-likeness (QED) is 0.504. The minimum atomic E-state index is -0.211. The zero-order valence-electron chi connectivity index (χ0n) is 15.1. The molecule has 3 aromatic carbocycles. The molecule has 2 heterocycles. The predicted molar refractivity (Wildman–Crippen MR) is 106 cm³/mol. The summed E-state index contributed by atoms with van der Waals surface area (Å²) in [5.74, 6) is 0.652.